The van der Waals surface area contributed by atoms with E-state index in [2.05, 4.69) is 61.4 Å². The Morgan fingerprint density at radius 3 is 2.80 bits per heavy atom. The van der Waals surface area contributed by atoms with Gasteiger partial charge >= 0.3 is 0 Å². The first-order valence-corrected chi connectivity index (χ1v) is 9.52. The largest absolute Gasteiger partial charge is 0.357 e. The Balaban J connectivity index is 0.00000225. The Bertz CT molecular complexity index is 653. The second-order valence-corrected chi connectivity index (χ2v) is 6.68. The summed E-state index contributed by atoms with van der Waals surface area (Å²) in [6.07, 6.45) is 4.44. The fourth-order valence-corrected chi connectivity index (χ4v) is 3.43. The predicted octanol–water partition coefficient (Wildman–Crippen LogP) is 3.62. The molecule has 0 unspecified atom stereocenters. The Hall–Kier alpha value is -1.35. The summed E-state index contributed by atoms with van der Waals surface area (Å²) in [6, 6.07) is 6.36. The third-order valence-electron chi connectivity index (χ3n) is 4.04. The van der Waals surface area contributed by atoms with E-state index in [0.717, 1.165) is 38.0 Å². The molecule has 0 aromatic carbocycles. The first kappa shape index (κ1) is 20.0. The molecular weight excluding hydrogens is 445 g/mol. The standard InChI is InChI=1S/C18H25N5S.HI/c1-2-19-18(22-13-16-6-10-24-14-16)21-12-15-5-7-20-17(11-15)23-8-3-4-9-23;/h5-7,10-11,14H,2-4,8-9,12-13H2,1H3,(H2,19,21,22);1H. The number of aromatic nitrogens is 1. The van der Waals surface area contributed by atoms with Gasteiger partial charge in [-0.1, -0.05) is 0 Å². The van der Waals surface area contributed by atoms with Gasteiger partial charge in [-0.3, -0.25) is 0 Å². The molecule has 0 spiro atoms. The molecule has 25 heavy (non-hydrogen) atoms. The van der Waals surface area contributed by atoms with Crippen LogP contribution in [-0.4, -0.2) is 30.6 Å². The Morgan fingerprint density at radius 1 is 1.24 bits per heavy atom. The number of hydrogen-bond donors (Lipinski definition) is 2. The maximum Gasteiger partial charge on any atom is 0.191 e. The highest BCUT2D eigenvalue weighted by Crippen LogP contribution is 2.18. The summed E-state index contributed by atoms with van der Waals surface area (Å²) in [5.41, 5.74) is 2.48. The second-order valence-electron chi connectivity index (χ2n) is 5.90. The highest BCUT2D eigenvalue weighted by atomic mass is 127. The topological polar surface area (TPSA) is 52.6 Å². The normalized spacial score (nSPS) is 14.3. The van der Waals surface area contributed by atoms with Gasteiger partial charge in [-0.05, 0) is 59.9 Å². The van der Waals surface area contributed by atoms with Gasteiger partial charge in [0.25, 0.3) is 0 Å². The number of thiophene rings is 1. The van der Waals surface area contributed by atoms with Crippen LogP contribution in [0.5, 0.6) is 0 Å². The van der Waals surface area contributed by atoms with Crippen molar-refractivity contribution in [3.05, 3.63) is 46.3 Å². The quantitative estimate of drug-likeness (QED) is 0.384. The number of anilines is 1. The molecule has 7 heteroatoms. The van der Waals surface area contributed by atoms with Crippen molar-refractivity contribution in [2.24, 2.45) is 4.99 Å². The van der Waals surface area contributed by atoms with Gasteiger partial charge in [-0.15, -0.1) is 24.0 Å². The third-order valence-corrected chi connectivity index (χ3v) is 4.78. The Morgan fingerprint density at radius 2 is 2.08 bits per heavy atom. The highest BCUT2D eigenvalue weighted by molar-refractivity contribution is 14.0. The minimum atomic E-state index is 0. The SMILES string of the molecule is CCNC(=NCc1ccsc1)NCc1ccnc(N2CCCC2)c1.I. The van der Waals surface area contributed by atoms with Crippen molar-refractivity contribution in [2.75, 3.05) is 24.5 Å². The van der Waals surface area contributed by atoms with E-state index in [4.69, 9.17) is 0 Å². The van der Waals surface area contributed by atoms with E-state index in [1.54, 1.807) is 11.3 Å². The fourth-order valence-electron chi connectivity index (χ4n) is 2.77. The zero-order valence-electron chi connectivity index (χ0n) is 14.6. The summed E-state index contributed by atoms with van der Waals surface area (Å²) in [4.78, 5) is 11.5. The molecule has 0 amide bonds. The Labute approximate surface area is 171 Å². The highest BCUT2D eigenvalue weighted by Gasteiger charge is 2.13. The second kappa shape index (κ2) is 10.6. The maximum atomic E-state index is 4.65. The summed E-state index contributed by atoms with van der Waals surface area (Å²) < 4.78 is 0. The zero-order valence-corrected chi connectivity index (χ0v) is 17.7. The van der Waals surface area contributed by atoms with Crippen molar-refractivity contribution < 1.29 is 0 Å². The smallest absolute Gasteiger partial charge is 0.191 e. The number of nitrogens with one attached hydrogen (secondary N) is 2. The Kier molecular flexibility index (Phi) is 8.47. The van der Waals surface area contributed by atoms with Gasteiger partial charge in [0, 0.05) is 32.4 Å². The van der Waals surface area contributed by atoms with E-state index in [0.29, 0.717) is 6.54 Å². The monoisotopic (exact) mass is 471 g/mol. The lowest BCUT2D eigenvalue weighted by Gasteiger charge is -2.17. The minimum absolute atomic E-state index is 0. The van der Waals surface area contributed by atoms with Crippen LogP contribution in [0.1, 0.15) is 30.9 Å². The number of rotatable bonds is 6. The number of aliphatic imine (C=N–C) groups is 1. The molecule has 1 saturated heterocycles. The van der Waals surface area contributed by atoms with Gasteiger partial charge in [0.2, 0.25) is 0 Å². The number of guanidine groups is 1. The third kappa shape index (κ3) is 6.14. The van der Waals surface area contributed by atoms with Gasteiger partial charge in [0.05, 0.1) is 6.54 Å². The molecule has 1 aliphatic heterocycles. The number of hydrogen-bond acceptors (Lipinski definition) is 4. The van der Waals surface area contributed by atoms with E-state index in [-0.39, 0.29) is 24.0 Å². The van der Waals surface area contributed by atoms with Crippen LogP contribution in [0, 0.1) is 0 Å². The minimum Gasteiger partial charge on any atom is -0.357 e. The molecular formula is C18H26IN5S. The summed E-state index contributed by atoms with van der Waals surface area (Å²) in [5.74, 6) is 1.94. The van der Waals surface area contributed by atoms with Crippen LogP contribution in [0.15, 0.2) is 40.1 Å². The van der Waals surface area contributed by atoms with E-state index in [1.807, 2.05) is 6.20 Å². The van der Waals surface area contributed by atoms with Crippen LogP contribution >= 0.6 is 35.3 Å². The van der Waals surface area contributed by atoms with Gasteiger partial charge in [-0.2, -0.15) is 11.3 Å². The maximum absolute atomic E-state index is 4.65. The summed E-state index contributed by atoms with van der Waals surface area (Å²) >= 11 is 1.71. The summed E-state index contributed by atoms with van der Waals surface area (Å²) in [7, 11) is 0. The summed E-state index contributed by atoms with van der Waals surface area (Å²) in [5, 5.41) is 10.9. The molecule has 1 aliphatic rings. The van der Waals surface area contributed by atoms with E-state index in [1.165, 1.54) is 24.0 Å². The van der Waals surface area contributed by atoms with E-state index >= 15 is 0 Å². The number of halogens is 1. The molecule has 3 heterocycles. The first-order valence-electron chi connectivity index (χ1n) is 8.58. The number of nitrogens with zero attached hydrogens (tertiary/aromatic N) is 3. The van der Waals surface area contributed by atoms with Gasteiger partial charge in [0.15, 0.2) is 5.96 Å². The first-order chi connectivity index (χ1) is 11.8. The lowest BCUT2D eigenvalue weighted by atomic mass is 10.2. The molecule has 2 aromatic heterocycles. The molecule has 0 radical (unpaired) electrons. The molecule has 0 atom stereocenters. The van der Waals surface area contributed by atoms with Crippen molar-refractivity contribution in [1.82, 2.24) is 15.6 Å². The number of pyridine rings is 1. The molecule has 136 valence electrons. The molecule has 1 fully saturated rings. The summed E-state index contributed by atoms with van der Waals surface area (Å²) in [6.45, 7) is 6.63. The van der Waals surface area contributed by atoms with Gasteiger partial charge in [0.1, 0.15) is 5.82 Å². The van der Waals surface area contributed by atoms with E-state index < -0.39 is 0 Å². The van der Waals surface area contributed by atoms with Crippen LogP contribution in [0.2, 0.25) is 0 Å². The van der Waals surface area contributed by atoms with Crippen LogP contribution in [0.25, 0.3) is 0 Å². The molecule has 2 aromatic rings. The fraction of sp³-hybridized carbons (Fsp3) is 0.444. The van der Waals surface area contributed by atoms with Crippen molar-refractivity contribution >= 4 is 47.1 Å². The zero-order chi connectivity index (χ0) is 16.6. The van der Waals surface area contributed by atoms with Crippen LogP contribution < -0.4 is 15.5 Å². The average molecular weight is 471 g/mol. The lowest BCUT2D eigenvalue weighted by Crippen LogP contribution is -2.36. The van der Waals surface area contributed by atoms with Crippen molar-refractivity contribution in [1.29, 1.82) is 0 Å². The predicted molar refractivity (Wildman–Crippen MR) is 117 cm³/mol. The van der Waals surface area contributed by atoms with Gasteiger partial charge < -0.3 is 15.5 Å². The van der Waals surface area contributed by atoms with Crippen molar-refractivity contribution in [3.63, 3.8) is 0 Å². The average Bonchev–Trinajstić information content (AvgIpc) is 3.31. The molecule has 3 rings (SSSR count). The molecule has 0 aliphatic carbocycles. The van der Waals surface area contributed by atoms with E-state index in [9.17, 15) is 0 Å². The van der Waals surface area contributed by atoms with Crippen molar-refractivity contribution in [2.45, 2.75) is 32.9 Å². The van der Waals surface area contributed by atoms with Gasteiger partial charge in [-0.25, -0.2) is 9.98 Å². The molecule has 0 bridgehead atoms. The molecule has 0 saturated carbocycles. The van der Waals surface area contributed by atoms with Crippen LogP contribution in [0.3, 0.4) is 0 Å². The van der Waals surface area contributed by atoms with Crippen LogP contribution in [0.4, 0.5) is 5.82 Å². The molecule has 2 N–H and O–H groups in total. The molecule has 5 nitrogen and oxygen atoms in total. The van der Waals surface area contributed by atoms with Crippen molar-refractivity contribution in [3.8, 4) is 0 Å². The van der Waals surface area contributed by atoms with Crippen LogP contribution in [-0.2, 0) is 13.1 Å². The lowest BCUT2D eigenvalue weighted by molar-refractivity contribution is 0.813.